The first-order valence-corrected chi connectivity index (χ1v) is 7.82. The molecule has 0 fully saturated rings. The summed E-state index contributed by atoms with van der Waals surface area (Å²) in [4.78, 5) is 11.9. The number of carbonyl (C=O) groups excluding carboxylic acids is 1. The van der Waals surface area contributed by atoms with Gasteiger partial charge in [-0.1, -0.05) is 31.2 Å². The van der Waals surface area contributed by atoms with Crippen molar-refractivity contribution in [2.45, 2.75) is 19.8 Å². The minimum Gasteiger partial charge on any atom is -0.497 e. The van der Waals surface area contributed by atoms with Gasteiger partial charge in [0.2, 0.25) is 5.91 Å². The minimum atomic E-state index is 0.00702. The largest absolute Gasteiger partial charge is 0.497 e. The summed E-state index contributed by atoms with van der Waals surface area (Å²) in [5.74, 6) is 1.56. The van der Waals surface area contributed by atoms with Crippen molar-refractivity contribution in [1.29, 1.82) is 0 Å². The lowest BCUT2D eigenvalue weighted by molar-refractivity contribution is -0.120. The Labute approximate surface area is 137 Å². The molecule has 0 atom stereocenters. The van der Waals surface area contributed by atoms with E-state index in [-0.39, 0.29) is 5.91 Å². The Kier molecular flexibility index (Phi) is 6.48. The van der Waals surface area contributed by atoms with Crippen LogP contribution in [0, 0.1) is 0 Å². The molecule has 0 saturated carbocycles. The molecule has 0 aliphatic heterocycles. The van der Waals surface area contributed by atoms with Gasteiger partial charge in [0.15, 0.2) is 0 Å². The third-order valence-electron chi connectivity index (χ3n) is 3.55. The third-order valence-corrected chi connectivity index (χ3v) is 3.55. The lowest BCUT2D eigenvalue weighted by Gasteiger charge is -2.08. The van der Waals surface area contributed by atoms with Gasteiger partial charge in [-0.05, 0) is 41.8 Å². The average molecular weight is 313 g/mol. The molecule has 0 saturated heterocycles. The highest BCUT2D eigenvalue weighted by atomic mass is 16.5. The lowest BCUT2D eigenvalue weighted by atomic mass is 10.1. The summed E-state index contributed by atoms with van der Waals surface area (Å²) in [7, 11) is 1.63. The van der Waals surface area contributed by atoms with Crippen LogP contribution in [0.15, 0.2) is 48.5 Å². The number of hydrogen-bond acceptors (Lipinski definition) is 3. The van der Waals surface area contributed by atoms with E-state index in [4.69, 9.17) is 9.47 Å². The topological polar surface area (TPSA) is 47.6 Å². The van der Waals surface area contributed by atoms with Crippen molar-refractivity contribution in [1.82, 2.24) is 5.32 Å². The van der Waals surface area contributed by atoms with E-state index in [1.54, 1.807) is 7.11 Å². The normalized spacial score (nSPS) is 10.2. The predicted molar refractivity (Wildman–Crippen MR) is 91.0 cm³/mol. The number of benzene rings is 2. The maximum atomic E-state index is 11.9. The van der Waals surface area contributed by atoms with Gasteiger partial charge in [-0.25, -0.2) is 0 Å². The zero-order valence-corrected chi connectivity index (χ0v) is 13.7. The van der Waals surface area contributed by atoms with Crippen molar-refractivity contribution in [3.05, 3.63) is 59.7 Å². The van der Waals surface area contributed by atoms with Crippen LogP contribution in [0.1, 0.15) is 18.1 Å². The summed E-state index contributed by atoms with van der Waals surface area (Å²) in [6.07, 6.45) is 1.40. The van der Waals surface area contributed by atoms with Gasteiger partial charge in [-0.3, -0.25) is 4.79 Å². The molecule has 122 valence electrons. The first kappa shape index (κ1) is 16.9. The monoisotopic (exact) mass is 313 g/mol. The molecule has 0 heterocycles. The lowest BCUT2D eigenvalue weighted by Crippen LogP contribution is -2.29. The van der Waals surface area contributed by atoms with Crippen LogP contribution in [-0.4, -0.2) is 26.2 Å². The van der Waals surface area contributed by atoms with Crippen molar-refractivity contribution in [3.8, 4) is 11.5 Å². The zero-order chi connectivity index (χ0) is 16.5. The molecule has 0 radical (unpaired) electrons. The van der Waals surface area contributed by atoms with Crippen LogP contribution in [-0.2, 0) is 17.6 Å². The van der Waals surface area contributed by atoms with Crippen LogP contribution < -0.4 is 14.8 Å². The molecule has 0 spiro atoms. The van der Waals surface area contributed by atoms with Crippen molar-refractivity contribution < 1.29 is 14.3 Å². The number of rotatable bonds is 8. The summed E-state index contributed by atoms with van der Waals surface area (Å²) in [5, 5.41) is 2.86. The third kappa shape index (κ3) is 5.66. The van der Waals surface area contributed by atoms with Gasteiger partial charge < -0.3 is 14.8 Å². The van der Waals surface area contributed by atoms with Crippen LogP contribution in [0.3, 0.4) is 0 Å². The van der Waals surface area contributed by atoms with Crippen molar-refractivity contribution in [3.63, 3.8) is 0 Å². The molecule has 0 aliphatic rings. The predicted octanol–water partition coefficient (Wildman–Crippen LogP) is 3.00. The number of nitrogens with one attached hydrogen (secondary N) is 1. The van der Waals surface area contributed by atoms with Gasteiger partial charge >= 0.3 is 0 Å². The molecule has 2 rings (SSSR count). The molecule has 0 unspecified atom stereocenters. The van der Waals surface area contributed by atoms with Gasteiger partial charge in [0, 0.05) is 0 Å². The van der Waals surface area contributed by atoms with Gasteiger partial charge in [0.05, 0.1) is 20.1 Å². The molecular formula is C19H23NO3. The van der Waals surface area contributed by atoms with Crippen LogP contribution in [0.25, 0.3) is 0 Å². The van der Waals surface area contributed by atoms with Crippen molar-refractivity contribution >= 4 is 5.91 Å². The van der Waals surface area contributed by atoms with Gasteiger partial charge in [0.25, 0.3) is 0 Å². The fraction of sp³-hybridized carbons (Fsp3) is 0.316. The highest BCUT2D eigenvalue weighted by Gasteiger charge is 2.03. The van der Waals surface area contributed by atoms with E-state index >= 15 is 0 Å². The molecule has 1 N–H and O–H groups in total. The molecule has 0 aromatic heterocycles. The van der Waals surface area contributed by atoms with Crippen molar-refractivity contribution in [2.75, 3.05) is 20.3 Å². The van der Waals surface area contributed by atoms with E-state index in [0.717, 1.165) is 23.5 Å². The van der Waals surface area contributed by atoms with E-state index in [2.05, 4.69) is 24.4 Å². The summed E-state index contributed by atoms with van der Waals surface area (Å²) in [6.45, 7) is 3.04. The summed E-state index contributed by atoms with van der Waals surface area (Å²) < 4.78 is 10.7. The quantitative estimate of drug-likeness (QED) is 0.762. The van der Waals surface area contributed by atoms with Crippen LogP contribution >= 0.6 is 0 Å². The van der Waals surface area contributed by atoms with E-state index < -0.39 is 0 Å². The summed E-state index contributed by atoms with van der Waals surface area (Å²) >= 11 is 0. The maximum absolute atomic E-state index is 11.9. The maximum Gasteiger partial charge on any atom is 0.224 e. The summed E-state index contributed by atoms with van der Waals surface area (Å²) in [6, 6.07) is 15.5. The molecule has 0 bridgehead atoms. The number of methoxy groups -OCH3 is 1. The Morgan fingerprint density at radius 1 is 0.957 bits per heavy atom. The van der Waals surface area contributed by atoms with Crippen LogP contribution in [0.2, 0.25) is 0 Å². The first-order valence-electron chi connectivity index (χ1n) is 7.82. The molecule has 1 amide bonds. The standard InChI is InChI=1S/C19H23NO3/c1-3-15-4-6-16(7-5-15)14-19(21)20-12-13-23-18-10-8-17(22-2)9-11-18/h4-11H,3,12-14H2,1-2H3,(H,20,21). The Hall–Kier alpha value is -2.49. The minimum absolute atomic E-state index is 0.00702. The Morgan fingerprint density at radius 2 is 1.57 bits per heavy atom. The molecular weight excluding hydrogens is 290 g/mol. The molecule has 2 aromatic carbocycles. The van der Waals surface area contributed by atoms with Gasteiger partial charge in [-0.15, -0.1) is 0 Å². The molecule has 23 heavy (non-hydrogen) atoms. The number of aryl methyl sites for hydroxylation is 1. The number of amides is 1. The molecule has 4 nitrogen and oxygen atoms in total. The molecule has 4 heteroatoms. The number of hydrogen-bond donors (Lipinski definition) is 1. The van der Waals surface area contributed by atoms with E-state index in [9.17, 15) is 4.79 Å². The Morgan fingerprint density at radius 3 is 2.17 bits per heavy atom. The molecule has 0 aliphatic carbocycles. The highest BCUT2D eigenvalue weighted by molar-refractivity contribution is 5.78. The van der Waals surface area contributed by atoms with Gasteiger partial charge in [-0.2, -0.15) is 0 Å². The smallest absolute Gasteiger partial charge is 0.224 e. The average Bonchev–Trinajstić information content (AvgIpc) is 2.60. The number of carbonyl (C=O) groups is 1. The van der Waals surface area contributed by atoms with E-state index in [1.165, 1.54) is 5.56 Å². The second kappa shape index (κ2) is 8.83. The Balaban J connectivity index is 1.67. The van der Waals surface area contributed by atoms with Crippen LogP contribution in [0.5, 0.6) is 11.5 Å². The fourth-order valence-electron chi connectivity index (χ4n) is 2.17. The SMILES string of the molecule is CCc1ccc(CC(=O)NCCOc2ccc(OC)cc2)cc1. The summed E-state index contributed by atoms with van der Waals surface area (Å²) in [5.41, 5.74) is 2.30. The second-order valence-electron chi connectivity index (χ2n) is 5.22. The van der Waals surface area contributed by atoms with Crippen molar-refractivity contribution in [2.24, 2.45) is 0 Å². The highest BCUT2D eigenvalue weighted by Crippen LogP contribution is 2.16. The Bertz CT molecular complexity index is 606. The zero-order valence-electron chi connectivity index (χ0n) is 13.7. The number of ether oxygens (including phenoxy) is 2. The van der Waals surface area contributed by atoms with Gasteiger partial charge in [0.1, 0.15) is 18.1 Å². The second-order valence-corrected chi connectivity index (χ2v) is 5.22. The van der Waals surface area contributed by atoms with E-state index in [1.807, 2.05) is 36.4 Å². The molecule has 2 aromatic rings. The fourth-order valence-corrected chi connectivity index (χ4v) is 2.17. The first-order chi connectivity index (χ1) is 11.2. The van der Waals surface area contributed by atoms with E-state index in [0.29, 0.717) is 19.6 Å². The van der Waals surface area contributed by atoms with Crippen LogP contribution in [0.4, 0.5) is 0 Å².